The minimum Gasteiger partial charge on any atom is -0.378 e. The zero-order valence-corrected chi connectivity index (χ0v) is 18.5. The van der Waals surface area contributed by atoms with Crippen LogP contribution in [0.4, 0.5) is 11.4 Å². The van der Waals surface area contributed by atoms with Gasteiger partial charge in [0.25, 0.3) is 5.91 Å². The summed E-state index contributed by atoms with van der Waals surface area (Å²) in [5.74, 6) is -0.586. The highest BCUT2D eigenvalue weighted by Gasteiger charge is 2.23. The van der Waals surface area contributed by atoms with E-state index in [4.69, 9.17) is 4.74 Å². The number of carbonyl (C=O) groups is 2. The van der Waals surface area contributed by atoms with Crippen molar-refractivity contribution in [2.75, 3.05) is 48.7 Å². The van der Waals surface area contributed by atoms with E-state index in [9.17, 15) is 18.0 Å². The number of carbonyl (C=O) groups excluding carboxylic acids is 2. The number of amides is 2. The zero-order valence-electron chi connectivity index (χ0n) is 17.7. The molecule has 1 N–H and O–H groups in total. The second-order valence-electron chi connectivity index (χ2n) is 7.32. The van der Waals surface area contributed by atoms with E-state index in [1.165, 1.54) is 12.1 Å². The van der Waals surface area contributed by atoms with E-state index in [-0.39, 0.29) is 12.5 Å². The number of benzene rings is 2. The number of hydrogen-bond acceptors (Lipinski definition) is 5. The first-order valence-corrected chi connectivity index (χ1v) is 12.0. The summed E-state index contributed by atoms with van der Waals surface area (Å²) < 4.78 is 30.9. The molecule has 1 saturated heterocycles. The molecular formula is C22H27N3O5S. The molecule has 8 nitrogen and oxygen atoms in total. The molecule has 1 heterocycles. The predicted octanol–water partition coefficient (Wildman–Crippen LogP) is 2.13. The maximum atomic E-state index is 12.6. The van der Waals surface area contributed by atoms with E-state index in [2.05, 4.69) is 5.32 Å². The fraction of sp³-hybridized carbons (Fsp3) is 0.364. The topological polar surface area (TPSA) is 96.0 Å². The van der Waals surface area contributed by atoms with E-state index in [1.807, 2.05) is 19.1 Å². The highest BCUT2D eigenvalue weighted by molar-refractivity contribution is 7.92. The molecule has 0 radical (unpaired) electrons. The van der Waals surface area contributed by atoms with Crippen molar-refractivity contribution in [3.63, 3.8) is 0 Å². The van der Waals surface area contributed by atoms with Crippen molar-refractivity contribution in [1.29, 1.82) is 0 Å². The van der Waals surface area contributed by atoms with Crippen LogP contribution >= 0.6 is 0 Å². The van der Waals surface area contributed by atoms with Crippen molar-refractivity contribution in [1.82, 2.24) is 4.90 Å². The molecule has 2 aromatic carbocycles. The van der Waals surface area contributed by atoms with Crippen LogP contribution in [0.3, 0.4) is 0 Å². The normalized spacial score (nSPS) is 14.2. The molecule has 0 saturated carbocycles. The van der Waals surface area contributed by atoms with Crippen molar-refractivity contribution in [3.8, 4) is 0 Å². The number of sulfonamides is 1. The Kier molecular flexibility index (Phi) is 7.29. The monoisotopic (exact) mass is 445 g/mol. The quantitative estimate of drug-likeness (QED) is 0.704. The summed E-state index contributed by atoms with van der Waals surface area (Å²) in [5, 5.41) is 2.72. The van der Waals surface area contributed by atoms with Crippen molar-refractivity contribution in [2.45, 2.75) is 13.3 Å². The number of rotatable bonds is 7. The van der Waals surface area contributed by atoms with Crippen LogP contribution < -0.4 is 9.62 Å². The van der Waals surface area contributed by atoms with Crippen LogP contribution in [0.2, 0.25) is 0 Å². The summed E-state index contributed by atoms with van der Waals surface area (Å²) in [5.41, 5.74) is 2.52. The Morgan fingerprint density at radius 1 is 1.03 bits per heavy atom. The average Bonchev–Trinajstić information content (AvgIpc) is 2.77. The van der Waals surface area contributed by atoms with Gasteiger partial charge in [0.15, 0.2) is 0 Å². The number of hydrogen-bond donors (Lipinski definition) is 1. The number of morpholine rings is 1. The van der Waals surface area contributed by atoms with E-state index in [1.54, 1.807) is 29.2 Å². The van der Waals surface area contributed by atoms with Gasteiger partial charge in [-0.1, -0.05) is 19.1 Å². The van der Waals surface area contributed by atoms with Crippen LogP contribution in [-0.4, -0.2) is 64.2 Å². The van der Waals surface area contributed by atoms with Gasteiger partial charge in [-0.2, -0.15) is 0 Å². The van der Waals surface area contributed by atoms with Gasteiger partial charge in [0.05, 0.1) is 25.2 Å². The van der Waals surface area contributed by atoms with Crippen LogP contribution in [0, 0.1) is 0 Å². The minimum absolute atomic E-state index is 0.131. The fourth-order valence-electron chi connectivity index (χ4n) is 3.27. The third-order valence-electron chi connectivity index (χ3n) is 5.03. The van der Waals surface area contributed by atoms with Gasteiger partial charge in [-0.3, -0.25) is 13.9 Å². The van der Waals surface area contributed by atoms with Gasteiger partial charge in [-0.25, -0.2) is 8.42 Å². The third kappa shape index (κ3) is 6.05. The van der Waals surface area contributed by atoms with Gasteiger partial charge < -0.3 is 15.0 Å². The van der Waals surface area contributed by atoms with E-state index in [0.717, 1.165) is 22.5 Å². The molecule has 31 heavy (non-hydrogen) atoms. The molecule has 3 rings (SSSR count). The molecule has 0 bridgehead atoms. The van der Waals surface area contributed by atoms with Gasteiger partial charge in [0.1, 0.15) is 6.54 Å². The van der Waals surface area contributed by atoms with Crippen LogP contribution in [-0.2, 0) is 26.0 Å². The number of ether oxygens (including phenoxy) is 1. The first-order valence-electron chi connectivity index (χ1n) is 10.1. The van der Waals surface area contributed by atoms with Gasteiger partial charge in [0, 0.05) is 24.3 Å². The Bertz CT molecular complexity index is 1010. The molecule has 1 aliphatic heterocycles. The number of nitrogens with zero attached hydrogens (tertiary/aromatic N) is 2. The summed E-state index contributed by atoms with van der Waals surface area (Å²) in [7, 11) is -3.71. The zero-order chi connectivity index (χ0) is 22.4. The minimum atomic E-state index is -3.71. The van der Waals surface area contributed by atoms with E-state index < -0.39 is 15.9 Å². The van der Waals surface area contributed by atoms with Gasteiger partial charge in [0.2, 0.25) is 15.9 Å². The molecule has 1 aliphatic rings. The maximum Gasteiger partial charge on any atom is 0.254 e. The molecule has 0 unspecified atom stereocenters. The third-order valence-corrected chi connectivity index (χ3v) is 6.17. The molecular weight excluding hydrogens is 418 g/mol. The second kappa shape index (κ2) is 9.93. The largest absolute Gasteiger partial charge is 0.378 e. The van der Waals surface area contributed by atoms with Crippen molar-refractivity contribution < 1.29 is 22.7 Å². The molecule has 0 atom stereocenters. The lowest BCUT2D eigenvalue weighted by molar-refractivity contribution is -0.114. The molecule has 0 aliphatic carbocycles. The highest BCUT2D eigenvalue weighted by Crippen LogP contribution is 2.20. The lowest BCUT2D eigenvalue weighted by Gasteiger charge is -2.27. The van der Waals surface area contributed by atoms with Crippen LogP contribution in [0.5, 0.6) is 0 Å². The molecule has 2 amide bonds. The molecule has 0 aromatic heterocycles. The van der Waals surface area contributed by atoms with Crippen molar-refractivity contribution >= 4 is 33.2 Å². The Labute approximate surface area is 182 Å². The lowest BCUT2D eigenvalue weighted by Crippen LogP contribution is -2.40. The standard InChI is InChI=1S/C22H27N3O5S/c1-3-17-4-8-19(9-5-17)23-21(26)16-25(31(2,28)29)20-10-6-18(7-11-20)22(27)24-12-14-30-15-13-24/h4-11H,3,12-16H2,1-2H3,(H,23,26). The molecule has 2 aromatic rings. The summed E-state index contributed by atoms with van der Waals surface area (Å²) in [6.45, 7) is 3.72. The number of anilines is 2. The second-order valence-corrected chi connectivity index (χ2v) is 9.23. The SMILES string of the molecule is CCc1ccc(NC(=O)CN(c2ccc(C(=O)N3CCOCC3)cc2)S(C)(=O)=O)cc1. The predicted molar refractivity (Wildman–Crippen MR) is 120 cm³/mol. The Morgan fingerprint density at radius 2 is 1.65 bits per heavy atom. The average molecular weight is 446 g/mol. The Balaban J connectivity index is 1.71. The number of nitrogens with one attached hydrogen (secondary N) is 1. The first-order chi connectivity index (χ1) is 14.8. The molecule has 1 fully saturated rings. The molecule has 9 heteroatoms. The highest BCUT2D eigenvalue weighted by atomic mass is 32.2. The van der Waals surface area contributed by atoms with E-state index in [0.29, 0.717) is 43.2 Å². The van der Waals surface area contributed by atoms with Crippen LogP contribution in [0.1, 0.15) is 22.8 Å². The Hall–Kier alpha value is -2.91. The van der Waals surface area contributed by atoms with Crippen molar-refractivity contribution in [2.24, 2.45) is 0 Å². The van der Waals surface area contributed by atoms with Crippen LogP contribution in [0.15, 0.2) is 48.5 Å². The summed E-state index contributed by atoms with van der Waals surface area (Å²) in [6.07, 6.45) is 1.93. The summed E-state index contributed by atoms with van der Waals surface area (Å²) in [4.78, 5) is 26.8. The summed E-state index contributed by atoms with van der Waals surface area (Å²) in [6, 6.07) is 13.6. The van der Waals surface area contributed by atoms with Gasteiger partial charge >= 0.3 is 0 Å². The fourth-order valence-corrected chi connectivity index (χ4v) is 4.13. The smallest absolute Gasteiger partial charge is 0.254 e. The van der Waals surface area contributed by atoms with E-state index >= 15 is 0 Å². The number of aryl methyl sites for hydroxylation is 1. The maximum absolute atomic E-state index is 12.6. The van der Waals surface area contributed by atoms with Crippen LogP contribution in [0.25, 0.3) is 0 Å². The molecule has 0 spiro atoms. The first kappa shape index (κ1) is 22.8. The van der Waals surface area contributed by atoms with Crippen molar-refractivity contribution in [3.05, 3.63) is 59.7 Å². The Morgan fingerprint density at radius 3 is 2.19 bits per heavy atom. The lowest BCUT2D eigenvalue weighted by atomic mass is 10.1. The summed E-state index contributed by atoms with van der Waals surface area (Å²) >= 11 is 0. The van der Waals surface area contributed by atoms with Gasteiger partial charge in [-0.05, 0) is 48.4 Å². The molecule has 166 valence electrons. The van der Waals surface area contributed by atoms with Gasteiger partial charge in [-0.15, -0.1) is 0 Å².